The molecule has 0 bridgehead atoms. The zero-order valence-corrected chi connectivity index (χ0v) is 22.3. The maximum absolute atomic E-state index is 14.0. The van der Waals surface area contributed by atoms with Crippen LogP contribution in [0, 0.1) is 5.82 Å². The molecule has 1 aliphatic rings. The van der Waals surface area contributed by atoms with Gasteiger partial charge < -0.3 is 26.0 Å². The van der Waals surface area contributed by atoms with Crippen molar-refractivity contribution >= 4 is 28.7 Å². The summed E-state index contributed by atoms with van der Waals surface area (Å²) in [7, 11) is 3.66. The standard InChI is InChI=1S/C27H28F4N8O2/c1-37-9-11-38(12-10-37)14-21-24(41-2)22(23-25(32)33-15-34-39(21)23)16-3-6-18(7-4-16)35-26(40)36-20-13-17(27(29,30)31)5-8-19(20)28/h3-8,13,15H,9-12,14H2,1-2H3,(H2,32,33,34)(H2,35,36,40). The third-order valence-corrected chi connectivity index (χ3v) is 6.95. The molecular weight excluding hydrogens is 544 g/mol. The second-order valence-corrected chi connectivity index (χ2v) is 9.69. The summed E-state index contributed by atoms with van der Waals surface area (Å²) in [5.74, 6) is -0.138. The molecule has 4 aromatic rings. The molecule has 5 rings (SSSR count). The average Bonchev–Trinajstić information content (AvgIpc) is 3.25. The Bertz CT molecular complexity index is 1560. The summed E-state index contributed by atoms with van der Waals surface area (Å²) in [5, 5.41) is 9.07. The summed E-state index contributed by atoms with van der Waals surface area (Å²) < 4.78 is 60.6. The van der Waals surface area contributed by atoms with Gasteiger partial charge in [-0.3, -0.25) is 4.90 Å². The minimum atomic E-state index is -4.68. The fraction of sp³-hybridized carbons (Fsp3) is 0.296. The fourth-order valence-corrected chi connectivity index (χ4v) is 4.80. The van der Waals surface area contributed by atoms with E-state index in [1.807, 2.05) is 0 Å². The van der Waals surface area contributed by atoms with Crippen LogP contribution in [-0.4, -0.2) is 70.8 Å². The topological polar surface area (TPSA) is 113 Å². The van der Waals surface area contributed by atoms with E-state index in [2.05, 4.69) is 37.6 Å². The highest BCUT2D eigenvalue weighted by Crippen LogP contribution is 2.41. The van der Waals surface area contributed by atoms with Crippen molar-refractivity contribution in [2.24, 2.45) is 0 Å². The number of hydrogen-bond donors (Lipinski definition) is 3. The van der Waals surface area contributed by atoms with Gasteiger partial charge in [0.2, 0.25) is 0 Å². The average molecular weight is 573 g/mol. The lowest BCUT2D eigenvalue weighted by Crippen LogP contribution is -2.44. The summed E-state index contributed by atoms with van der Waals surface area (Å²) in [5.41, 5.74) is 7.72. The number of carbonyl (C=O) groups is 1. The monoisotopic (exact) mass is 572 g/mol. The summed E-state index contributed by atoms with van der Waals surface area (Å²) in [4.78, 5) is 21.2. The van der Waals surface area contributed by atoms with Gasteiger partial charge in [-0.05, 0) is 42.9 Å². The summed E-state index contributed by atoms with van der Waals surface area (Å²) in [6.07, 6.45) is -3.29. The maximum Gasteiger partial charge on any atom is 0.416 e. The lowest BCUT2D eigenvalue weighted by atomic mass is 10.0. The van der Waals surface area contributed by atoms with E-state index in [4.69, 9.17) is 10.5 Å². The molecule has 2 aromatic carbocycles. The molecule has 0 radical (unpaired) electrons. The van der Waals surface area contributed by atoms with Gasteiger partial charge in [-0.25, -0.2) is 18.7 Å². The number of carbonyl (C=O) groups excluding carboxylic acids is 1. The summed E-state index contributed by atoms with van der Waals surface area (Å²) in [6.45, 7) is 4.24. The van der Waals surface area contributed by atoms with E-state index >= 15 is 0 Å². The first-order chi connectivity index (χ1) is 19.5. The molecule has 0 atom stereocenters. The molecule has 0 saturated carbocycles. The molecule has 216 valence electrons. The van der Waals surface area contributed by atoms with Crippen molar-refractivity contribution in [2.45, 2.75) is 12.7 Å². The smallest absolute Gasteiger partial charge is 0.416 e. The van der Waals surface area contributed by atoms with Crippen molar-refractivity contribution in [3.8, 4) is 16.9 Å². The van der Waals surface area contributed by atoms with Gasteiger partial charge >= 0.3 is 12.2 Å². The normalized spacial score (nSPS) is 14.8. The van der Waals surface area contributed by atoms with E-state index in [1.165, 1.54) is 6.33 Å². The third-order valence-electron chi connectivity index (χ3n) is 6.95. The molecule has 41 heavy (non-hydrogen) atoms. The number of nitrogens with one attached hydrogen (secondary N) is 2. The first-order valence-corrected chi connectivity index (χ1v) is 12.7. The molecule has 2 amide bonds. The maximum atomic E-state index is 14.0. The van der Waals surface area contributed by atoms with E-state index in [0.717, 1.165) is 31.9 Å². The van der Waals surface area contributed by atoms with Crippen molar-refractivity contribution in [2.75, 3.05) is 56.7 Å². The number of halogens is 4. The molecule has 1 aliphatic heterocycles. The number of nitrogens with zero attached hydrogens (tertiary/aromatic N) is 5. The van der Waals surface area contributed by atoms with Crippen LogP contribution in [0.1, 0.15) is 11.3 Å². The Morgan fingerprint density at radius 1 is 1.07 bits per heavy atom. The van der Waals surface area contributed by atoms with Gasteiger partial charge in [0.15, 0.2) is 11.6 Å². The van der Waals surface area contributed by atoms with E-state index in [1.54, 1.807) is 35.9 Å². The van der Waals surface area contributed by atoms with Gasteiger partial charge in [-0.15, -0.1) is 0 Å². The largest absolute Gasteiger partial charge is 0.494 e. The summed E-state index contributed by atoms with van der Waals surface area (Å²) >= 11 is 0. The van der Waals surface area contributed by atoms with Crippen molar-refractivity contribution < 1.29 is 27.1 Å². The van der Waals surface area contributed by atoms with Crippen LogP contribution in [0.2, 0.25) is 0 Å². The fourth-order valence-electron chi connectivity index (χ4n) is 4.80. The number of urea groups is 1. The lowest BCUT2D eigenvalue weighted by molar-refractivity contribution is -0.137. The molecule has 0 unspecified atom stereocenters. The Hall–Kier alpha value is -4.43. The molecular formula is C27H28F4N8O2. The molecule has 3 heterocycles. The van der Waals surface area contributed by atoms with E-state index in [9.17, 15) is 22.4 Å². The van der Waals surface area contributed by atoms with Crippen LogP contribution >= 0.6 is 0 Å². The van der Waals surface area contributed by atoms with E-state index in [0.29, 0.717) is 52.8 Å². The number of amides is 2. The Morgan fingerprint density at radius 3 is 2.44 bits per heavy atom. The van der Waals surface area contributed by atoms with Crippen molar-refractivity contribution in [1.82, 2.24) is 24.4 Å². The highest BCUT2D eigenvalue weighted by atomic mass is 19.4. The number of alkyl halides is 3. The number of anilines is 3. The molecule has 2 aromatic heterocycles. The highest BCUT2D eigenvalue weighted by Gasteiger charge is 2.31. The van der Waals surface area contributed by atoms with E-state index in [-0.39, 0.29) is 5.82 Å². The Labute approximate surface area is 232 Å². The minimum Gasteiger partial charge on any atom is -0.494 e. The molecule has 1 saturated heterocycles. The Morgan fingerprint density at radius 2 is 1.78 bits per heavy atom. The van der Waals surface area contributed by atoms with Gasteiger partial charge in [0.1, 0.15) is 17.7 Å². The molecule has 0 aliphatic carbocycles. The third kappa shape index (κ3) is 5.88. The predicted octanol–water partition coefficient (Wildman–Crippen LogP) is 4.54. The zero-order chi connectivity index (χ0) is 29.3. The van der Waals surface area contributed by atoms with E-state index < -0.39 is 29.3 Å². The van der Waals surface area contributed by atoms with Gasteiger partial charge in [0, 0.05) is 38.4 Å². The predicted molar refractivity (Wildman–Crippen MR) is 146 cm³/mol. The van der Waals surface area contributed by atoms with Crippen LogP contribution < -0.4 is 21.1 Å². The lowest BCUT2D eigenvalue weighted by Gasteiger charge is -2.32. The SMILES string of the molecule is COc1c(-c2ccc(NC(=O)Nc3cc(C(F)(F)F)ccc3F)cc2)c2c(N)ncnn2c1CN1CCN(C)CC1. The van der Waals surface area contributed by atoms with Gasteiger partial charge in [-0.1, -0.05) is 12.1 Å². The second kappa shape index (κ2) is 11.2. The quantitative estimate of drug-likeness (QED) is 0.291. The van der Waals surface area contributed by atoms with Crippen molar-refractivity contribution in [3.63, 3.8) is 0 Å². The first-order valence-electron chi connectivity index (χ1n) is 12.7. The van der Waals surface area contributed by atoms with Gasteiger partial charge in [0.25, 0.3) is 0 Å². The molecule has 10 nitrogen and oxygen atoms in total. The van der Waals surface area contributed by atoms with Crippen LogP contribution in [0.4, 0.5) is 39.5 Å². The van der Waals surface area contributed by atoms with Crippen LogP contribution in [0.15, 0.2) is 48.8 Å². The number of nitrogens with two attached hydrogens (primary N) is 1. The number of ether oxygens (including phenoxy) is 1. The minimum absolute atomic E-state index is 0.266. The Balaban J connectivity index is 1.40. The molecule has 14 heteroatoms. The summed E-state index contributed by atoms with van der Waals surface area (Å²) in [6, 6.07) is 7.53. The van der Waals surface area contributed by atoms with Crippen molar-refractivity contribution in [3.05, 3.63) is 65.9 Å². The molecule has 1 fully saturated rings. The van der Waals surface area contributed by atoms with Crippen LogP contribution in [-0.2, 0) is 12.7 Å². The number of benzene rings is 2. The van der Waals surface area contributed by atoms with Gasteiger partial charge in [0.05, 0.1) is 29.6 Å². The second-order valence-electron chi connectivity index (χ2n) is 9.69. The number of aromatic nitrogens is 3. The number of rotatable bonds is 6. The van der Waals surface area contributed by atoms with Gasteiger partial charge in [-0.2, -0.15) is 18.3 Å². The number of fused-ring (bicyclic) bond motifs is 1. The number of nitrogen functional groups attached to an aromatic ring is 1. The molecule has 4 N–H and O–H groups in total. The number of hydrogen-bond acceptors (Lipinski definition) is 7. The number of piperazine rings is 1. The Kier molecular flexibility index (Phi) is 7.69. The number of methoxy groups -OCH3 is 1. The zero-order valence-electron chi connectivity index (χ0n) is 22.3. The highest BCUT2D eigenvalue weighted by molar-refractivity contribution is 6.00. The molecule has 0 spiro atoms. The first kappa shape index (κ1) is 28.1. The van der Waals surface area contributed by atoms with Crippen molar-refractivity contribution in [1.29, 1.82) is 0 Å². The number of likely N-dealkylation sites (N-methyl/N-ethyl adjacent to an activating group) is 1. The van der Waals surface area contributed by atoms with Crippen LogP contribution in [0.25, 0.3) is 16.6 Å². The van der Waals surface area contributed by atoms with Crippen LogP contribution in [0.3, 0.4) is 0 Å². The van der Waals surface area contributed by atoms with Crippen LogP contribution in [0.5, 0.6) is 5.75 Å².